The molecule has 1 aliphatic heterocycles. The van der Waals surface area contributed by atoms with Crippen molar-refractivity contribution < 1.29 is 9.84 Å². The van der Waals surface area contributed by atoms with E-state index in [1.807, 2.05) is 0 Å². The number of allylic oxidation sites excluding steroid dienone is 1. The Morgan fingerprint density at radius 2 is 1.56 bits per heavy atom. The van der Waals surface area contributed by atoms with Gasteiger partial charge in [-0.05, 0) is 38.6 Å². The van der Waals surface area contributed by atoms with Crippen LogP contribution in [0.5, 0.6) is 0 Å². The van der Waals surface area contributed by atoms with Crippen LogP contribution in [-0.4, -0.2) is 49.0 Å². The zero-order chi connectivity index (χ0) is 18.0. The van der Waals surface area contributed by atoms with Gasteiger partial charge in [-0.15, -0.1) is 0 Å². The summed E-state index contributed by atoms with van der Waals surface area (Å²) in [6, 6.07) is 0. The number of aliphatic hydroxyl groups is 1. The van der Waals surface area contributed by atoms with Crippen molar-refractivity contribution >= 4 is 0 Å². The van der Waals surface area contributed by atoms with Crippen LogP contribution < -0.4 is 0 Å². The van der Waals surface area contributed by atoms with Crippen molar-refractivity contribution in [2.45, 2.75) is 96.5 Å². The second-order valence-corrected chi connectivity index (χ2v) is 7.57. The number of hydrogen-bond acceptors (Lipinski definition) is 3. The molecule has 0 unspecified atom stereocenters. The van der Waals surface area contributed by atoms with Crippen molar-refractivity contribution in [2.75, 3.05) is 32.8 Å². The fraction of sp³-hybridized carbons (Fsp3) is 0.909. The topological polar surface area (TPSA) is 32.7 Å². The van der Waals surface area contributed by atoms with Crippen molar-refractivity contribution in [3.05, 3.63) is 12.2 Å². The highest BCUT2D eigenvalue weighted by Crippen LogP contribution is 2.11. The number of unbranched alkanes of at least 4 members (excludes halogenated alkanes) is 9. The molecule has 0 radical (unpaired) electrons. The molecule has 1 saturated heterocycles. The van der Waals surface area contributed by atoms with Gasteiger partial charge in [-0.1, -0.05) is 70.4 Å². The van der Waals surface area contributed by atoms with Crippen LogP contribution in [0.15, 0.2) is 12.2 Å². The van der Waals surface area contributed by atoms with Gasteiger partial charge in [-0.25, -0.2) is 0 Å². The van der Waals surface area contributed by atoms with Gasteiger partial charge in [0.1, 0.15) is 0 Å². The van der Waals surface area contributed by atoms with Crippen LogP contribution in [0.2, 0.25) is 0 Å². The average molecular weight is 354 g/mol. The van der Waals surface area contributed by atoms with E-state index in [2.05, 4.69) is 24.0 Å². The molecule has 1 fully saturated rings. The first-order chi connectivity index (χ1) is 12.3. The fourth-order valence-electron chi connectivity index (χ4n) is 3.43. The molecule has 0 bridgehead atoms. The Kier molecular flexibility index (Phi) is 15.5. The molecule has 1 aliphatic rings. The van der Waals surface area contributed by atoms with E-state index in [0.717, 1.165) is 39.1 Å². The minimum absolute atomic E-state index is 0.125. The highest BCUT2D eigenvalue weighted by molar-refractivity contribution is 4.84. The maximum absolute atomic E-state index is 9.90. The number of ether oxygens (including phenoxy) is 1. The van der Waals surface area contributed by atoms with Crippen LogP contribution in [-0.2, 0) is 4.74 Å². The first-order valence-corrected chi connectivity index (χ1v) is 11.0. The zero-order valence-electron chi connectivity index (χ0n) is 16.8. The molecular weight excluding hydrogens is 310 g/mol. The van der Waals surface area contributed by atoms with Gasteiger partial charge in [-0.3, -0.25) is 4.90 Å². The van der Waals surface area contributed by atoms with E-state index in [-0.39, 0.29) is 6.10 Å². The Morgan fingerprint density at radius 3 is 2.32 bits per heavy atom. The minimum atomic E-state index is -0.125. The van der Waals surface area contributed by atoms with Crippen LogP contribution in [0, 0.1) is 0 Å². The van der Waals surface area contributed by atoms with E-state index in [0.29, 0.717) is 0 Å². The summed E-state index contributed by atoms with van der Waals surface area (Å²) in [5, 5.41) is 9.90. The third-order valence-electron chi connectivity index (χ3n) is 5.16. The lowest BCUT2D eigenvalue weighted by Gasteiger charge is -2.26. The molecule has 148 valence electrons. The number of morpholine rings is 1. The maximum Gasteiger partial charge on any atom is 0.0594 e. The van der Waals surface area contributed by atoms with E-state index in [1.54, 1.807) is 0 Å². The molecule has 1 N–H and O–H groups in total. The highest BCUT2D eigenvalue weighted by Gasteiger charge is 2.08. The number of aliphatic hydroxyl groups excluding tert-OH is 1. The van der Waals surface area contributed by atoms with E-state index in [4.69, 9.17) is 4.74 Å². The molecule has 1 heterocycles. The molecule has 25 heavy (non-hydrogen) atoms. The van der Waals surface area contributed by atoms with Crippen LogP contribution in [0.25, 0.3) is 0 Å². The molecule has 1 atom stereocenters. The Hall–Kier alpha value is -0.380. The smallest absolute Gasteiger partial charge is 0.0594 e. The molecule has 0 saturated carbocycles. The summed E-state index contributed by atoms with van der Waals surface area (Å²) < 4.78 is 5.38. The Labute approximate surface area is 156 Å². The summed E-state index contributed by atoms with van der Waals surface area (Å²) in [5.41, 5.74) is 0. The van der Waals surface area contributed by atoms with Crippen molar-refractivity contribution in [1.29, 1.82) is 0 Å². The summed E-state index contributed by atoms with van der Waals surface area (Å²) in [5.74, 6) is 0. The van der Waals surface area contributed by atoms with Gasteiger partial charge in [0.15, 0.2) is 0 Å². The third-order valence-corrected chi connectivity index (χ3v) is 5.16. The lowest BCUT2D eigenvalue weighted by atomic mass is 10.1. The van der Waals surface area contributed by atoms with E-state index >= 15 is 0 Å². The van der Waals surface area contributed by atoms with Gasteiger partial charge in [0.25, 0.3) is 0 Å². The van der Waals surface area contributed by atoms with Crippen molar-refractivity contribution in [2.24, 2.45) is 0 Å². The Morgan fingerprint density at radius 1 is 0.880 bits per heavy atom. The third kappa shape index (κ3) is 14.5. The quantitative estimate of drug-likeness (QED) is 0.301. The molecule has 3 nitrogen and oxygen atoms in total. The Balaban J connectivity index is 1.78. The number of hydrogen-bond donors (Lipinski definition) is 1. The first-order valence-electron chi connectivity index (χ1n) is 11.0. The SMILES string of the molecule is CCCCCC[C@@H](O)CC=CCCCCCCCCN1CCOCC1. The lowest BCUT2D eigenvalue weighted by Crippen LogP contribution is -2.36. The van der Waals surface area contributed by atoms with Crippen molar-refractivity contribution in [1.82, 2.24) is 4.90 Å². The van der Waals surface area contributed by atoms with Crippen LogP contribution in [0.1, 0.15) is 90.4 Å². The van der Waals surface area contributed by atoms with Crippen LogP contribution in [0.4, 0.5) is 0 Å². The van der Waals surface area contributed by atoms with E-state index in [9.17, 15) is 5.11 Å². The predicted molar refractivity (Wildman–Crippen MR) is 108 cm³/mol. The van der Waals surface area contributed by atoms with Gasteiger partial charge in [-0.2, -0.15) is 0 Å². The molecule has 0 aromatic heterocycles. The highest BCUT2D eigenvalue weighted by atomic mass is 16.5. The van der Waals surface area contributed by atoms with Gasteiger partial charge in [0.2, 0.25) is 0 Å². The van der Waals surface area contributed by atoms with Crippen LogP contribution >= 0.6 is 0 Å². The van der Waals surface area contributed by atoms with E-state index < -0.39 is 0 Å². The zero-order valence-corrected chi connectivity index (χ0v) is 16.8. The minimum Gasteiger partial charge on any atom is -0.393 e. The van der Waals surface area contributed by atoms with Gasteiger partial charge < -0.3 is 9.84 Å². The molecular formula is C22H43NO2. The normalized spacial score (nSPS) is 17.4. The van der Waals surface area contributed by atoms with Gasteiger partial charge in [0.05, 0.1) is 19.3 Å². The summed E-state index contributed by atoms with van der Waals surface area (Å²) in [6.07, 6.45) is 20.4. The lowest BCUT2D eigenvalue weighted by molar-refractivity contribution is 0.0371. The van der Waals surface area contributed by atoms with Crippen LogP contribution in [0.3, 0.4) is 0 Å². The van der Waals surface area contributed by atoms with Gasteiger partial charge >= 0.3 is 0 Å². The van der Waals surface area contributed by atoms with Crippen molar-refractivity contribution in [3.63, 3.8) is 0 Å². The molecule has 1 rings (SSSR count). The molecule has 0 amide bonds. The average Bonchev–Trinajstić information content (AvgIpc) is 2.64. The predicted octanol–water partition coefficient (Wildman–Crippen LogP) is 5.33. The molecule has 0 aromatic carbocycles. The summed E-state index contributed by atoms with van der Waals surface area (Å²) in [6.45, 7) is 7.57. The molecule has 0 aliphatic carbocycles. The fourth-order valence-corrected chi connectivity index (χ4v) is 3.43. The van der Waals surface area contributed by atoms with Crippen molar-refractivity contribution in [3.8, 4) is 0 Å². The maximum atomic E-state index is 9.90. The summed E-state index contributed by atoms with van der Waals surface area (Å²) in [4.78, 5) is 2.53. The molecule has 0 aromatic rings. The second-order valence-electron chi connectivity index (χ2n) is 7.57. The monoisotopic (exact) mass is 353 g/mol. The largest absolute Gasteiger partial charge is 0.393 e. The molecule has 0 spiro atoms. The second kappa shape index (κ2) is 17.1. The first kappa shape index (κ1) is 22.7. The number of nitrogens with zero attached hydrogens (tertiary/aromatic N) is 1. The number of rotatable bonds is 16. The molecule has 3 heteroatoms. The summed E-state index contributed by atoms with van der Waals surface area (Å²) in [7, 11) is 0. The standard InChI is InChI=1S/C22H43NO2/c1-2-3-4-12-15-22(24)16-13-10-8-6-5-7-9-11-14-17-23-18-20-25-21-19-23/h10,13,22,24H,2-9,11-12,14-21H2,1H3/t22-/m1/s1. The van der Waals surface area contributed by atoms with E-state index in [1.165, 1.54) is 77.2 Å². The summed E-state index contributed by atoms with van der Waals surface area (Å²) >= 11 is 0. The Bertz CT molecular complexity index is 300. The van der Waals surface area contributed by atoms with Gasteiger partial charge in [0, 0.05) is 13.1 Å².